The Morgan fingerprint density at radius 2 is 2.00 bits per heavy atom. The molecule has 2 heterocycles. The molecule has 0 aliphatic heterocycles. The van der Waals surface area contributed by atoms with E-state index < -0.39 is 0 Å². The number of carbonyl (C=O) groups is 1. The van der Waals surface area contributed by atoms with Crippen molar-refractivity contribution >= 4 is 50.9 Å². The molecule has 0 saturated carbocycles. The molecule has 2 aromatic carbocycles. The summed E-state index contributed by atoms with van der Waals surface area (Å²) < 4.78 is 8.44. The van der Waals surface area contributed by atoms with Crippen LogP contribution < -0.4 is 5.32 Å². The van der Waals surface area contributed by atoms with Crippen molar-refractivity contribution in [2.45, 2.75) is 18.6 Å². The lowest BCUT2D eigenvalue weighted by atomic mass is 10.2. The quantitative estimate of drug-likeness (QED) is 0.303. The number of nitrogens with zero attached hydrogens (tertiary/aromatic N) is 3. The molecule has 0 saturated heterocycles. The van der Waals surface area contributed by atoms with Gasteiger partial charge in [0.05, 0.1) is 18.6 Å². The van der Waals surface area contributed by atoms with Crippen LogP contribution in [-0.4, -0.2) is 26.4 Å². The van der Waals surface area contributed by atoms with Gasteiger partial charge in [0, 0.05) is 20.7 Å². The maximum Gasteiger partial charge on any atom is 0.234 e. The molecule has 0 spiro atoms. The number of aromatic nitrogens is 3. The van der Waals surface area contributed by atoms with Gasteiger partial charge in [0.1, 0.15) is 5.76 Å². The minimum atomic E-state index is -0.118. The summed E-state index contributed by atoms with van der Waals surface area (Å²) in [7, 11) is 0. The summed E-state index contributed by atoms with van der Waals surface area (Å²) in [4.78, 5) is 12.5. The van der Waals surface area contributed by atoms with E-state index in [0.29, 0.717) is 22.5 Å². The van der Waals surface area contributed by atoms with Crippen LogP contribution in [0.5, 0.6) is 0 Å². The monoisotopic (exact) mass is 516 g/mol. The Kier molecular flexibility index (Phi) is 6.80. The van der Waals surface area contributed by atoms with Crippen molar-refractivity contribution in [1.82, 2.24) is 14.8 Å². The molecule has 0 bridgehead atoms. The predicted octanol–water partition coefficient (Wildman–Crippen LogP) is 6.04. The van der Waals surface area contributed by atoms with Crippen LogP contribution in [0, 0.1) is 6.92 Å². The lowest BCUT2D eigenvalue weighted by Gasteiger charge is -2.10. The molecule has 4 rings (SSSR count). The first-order chi connectivity index (χ1) is 15.0. The normalized spacial score (nSPS) is 10.9. The van der Waals surface area contributed by atoms with Gasteiger partial charge in [-0.2, -0.15) is 0 Å². The van der Waals surface area contributed by atoms with Crippen LogP contribution >= 0.6 is 39.3 Å². The maximum absolute atomic E-state index is 12.5. The number of benzene rings is 2. The minimum Gasteiger partial charge on any atom is -0.467 e. The van der Waals surface area contributed by atoms with E-state index in [0.717, 1.165) is 27.0 Å². The number of amides is 1. The molecule has 0 aliphatic rings. The van der Waals surface area contributed by atoms with Crippen molar-refractivity contribution in [2.24, 2.45) is 0 Å². The first kappa shape index (κ1) is 21.7. The molecule has 1 N–H and O–H groups in total. The first-order valence-electron chi connectivity index (χ1n) is 9.40. The Labute approximate surface area is 197 Å². The second kappa shape index (κ2) is 9.72. The van der Waals surface area contributed by atoms with Crippen LogP contribution in [-0.2, 0) is 11.3 Å². The van der Waals surface area contributed by atoms with Gasteiger partial charge in [-0.15, -0.1) is 10.2 Å². The number of hydrogen-bond acceptors (Lipinski definition) is 5. The largest absolute Gasteiger partial charge is 0.467 e. The Morgan fingerprint density at radius 3 is 2.71 bits per heavy atom. The number of halogens is 2. The van der Waals surface area contributed by atoms with Crippen molar-refractivity contribution in [2.75, 3.05) is 11.1 Å². The highest BCUT2D eigenvalue weighted by Gasteiger charge is 2.17. The Morgan fingerprint density at radius 1 is 1.19 bits per heavy atom. The number of nitrogens with one attached hydrogen (secondary N) is 1. The van der Waals surface area contributed by atoms with Crippen LogP contribution in [0.15, 0.2) is 74.9 Å². The molecular weight excluding hydrogens is 500 g/mol. The van der Waals surface area contributed by atoms with Gasteiger partial charge < -0.3 is 9.73 Å². The SMILES string of the molecule is Cc1cc(NC(=O)CSc2nnc(-c3ccc(Cl)cc3)n2Cc2ccco2)ccc1Br. The summed E-state index contributed by atoms with van der Waals surface area (Å²) >= 11 is 10.8. The van der Waals surface area contributed by atoms with Crippen LogP contribution in [0.4, 0.5) is 5.69 Å². The second-order valence-electron chi connectivity index (χ2n) is 6.78. The smallest absolute Gasteiger partial charge is 0.234 e. The first-order valence-corrected chi connectivity index (χ1v) is 11.6. The third-order valence-corrected chi connectivity index (χ3v) is 6.60. The molecule has 31 heavy (non-hydrogen) atoms. The van der Waals surface area contributed by atoms with Crippen LogP contribution in [0.25, 0.3) is 11.4 Å². The molecule has 4 aromatic rings. The molecule has 158 valence electrons. The van der Waals surface area contributed by atoms with Gasteiger partial charge in [0.2, 0.25) is 5.91 Å². The van der Waals surface area contributed by atoms with Gasteiger partial charge in [0.15, 0.2) is 11.0 Å². The summed E-state index contributed by atoms with van der Waals surface area (Å²) in [6, 6.07) is 16.8. The highest BCUT2D eigenvalue weighted by Crippen LogP contribution is 2.27. The number of carbonyl (C=O) groups excluding carboxylic acids is 1. The van der Waals surface area contributed by atoms with Crippen LogP contribution in [0.3, 0.4) is 0 Å². The van der Waals surface area contributed by atoms with E-state index in [1.165, 1.54) is 11.8 Å². The minimum absolute atomic E-state index is 0.118. The summed E-state index contributed by atoms with van der Waals surface area (Å²) in [5.74, 6) is 1.53. The molecule has 0 radical (unpaired) electrons. The fourth-order valence-corrected chi connectivity index (χ4v) is 4.07. The van der Waals surface area contributed by atoms with E-state index in [4.69, 9.17) is 16.0 Å². The van der Waals surface area contributed by atoms with E-state index in [1.54, 1.807) is 6.26 Å². The van der Waals surface area contributed by atoms with E-state index in [1.807, 2.05) is 66.1 Å². The summed E-state index contributed by atoms with van der Waals surface area (Å²) in [5.41, 5.74) is 2.69. The third kappa shape index (κ3) is 5.39. The molecule has 0 atom stereocenters. The average molecular weight is 518 g/mol. The number of furan rings is 1. The molecule has 0 aliphatic carbocycles. The van der Waals surface area contributed by atoms with E-state index in [2.05, 4.69) is 31.4 Å². The molecule has 6 nitrogen and oxygen atoms in total. The molecule has 9 heteroatoms. The fourth-order valence-electron chi connectivity index (χ4n) is 2.96. The predicted molar refractivity (Wildman–Crippen MR) is 127 cm³/mol. The Balaban J connectivity index is 1.52. The number of aryl methyl sites for hydroxylation is 1. The van der Waals surface area contributed by atoms with Gasteiger partial charge in [-0.3, -0.25) is 9.36 Å². The van der Waals surface area contributed by atoms with E-state index in [9.17, 15) is 4.79 Å². The topological polar surface area (TPSA) is 73.0 Å². The van der Waals surface area contributed by atoms with Gasteiger partial charge in [-0.25, -0.2) is 0 Å². The molecule has 1 amide bonds. The van der Waals surface area contributed by atoms with Crippen molar-refractivity contribution in [3.05, 3.63) is 81.7 Å². The zero-order valence-electron chi connectivity index (χ0n) is 16.5. The van der Waals surface area contributed by atoms with Gasteiger partial charge in [-0.05, 0) is 67.1 Å². The second-order valence-corrected chi connectivity index (χ2v) is 9.01. The highest BCUT2D eigenvalue weighted by atomic mass is 79.9. The van der Waals surface area contributed by atoms with Gasteiger partial charge in [-0.1, -0.05) is 39.3 Å². The van der Waals surface area contributed by atoms with Crippen LogP contribution in [0.2, 0.25) is 5.02 Å². The van der Waals surface area contributed by atoms with Crippen molar-refractivity contribution in [3.8, 4) is 11.4 Å². The molecule has 2 aromatic heterocycles. The van der Waals surface area contributed by atoms with Crippen molar-refractivity contribution in [3.63, 3.8) is 0 Å². The zero-order valence-corrected chi connectivity index (χ0v) is 19.7. The maximum atomic E-state index is 12.5. The summed E-state index contributed by atoms with van der Waals surface area (Å²) in [6.07, 6.45) is 1.63. The molecular formula is C22H18BrClN4O2S. The Hall–Kier alpha value is -2.55. The number of thioether (sulfide) groups is 1. The lowest BCUT2D eigenvalue weighted by molar-refractivity contribution is -0.113. The third-order valence-electron chi connectivity index (χ3n) is 4.49. The summed E-state index contributed by atoms with van der Waals surface area (Å²) in [6.45, 7) is 2.43. The van der Waals surface area contributed by atoms with E-state index in [-0.39, 0.29) is 11.7 Å². The average Bonchev–Trinajstić information content (AvgIpc) is 3.40. The number of rotatable bonds is 7. The lowest BCUT2D eigenvalue weighted by Crippen LogP contribution is -2.15. The van der Waals surface area contributed by atoms with Crippen LogP contribution in [0.1, 0.15) is 11.3 Å². The highest BCUT2D eigenvalue weighted by molar-refractivity contribution is 9.10. The van der Waals surface area contributed by atoms with Gasteiger partial charge in [0.25, 0.3) is 0 Å². The van der Waals surface area contributed by atoms with Crippen molar-refractivity contribution < 1.29 is 9.21 Å². The van der Waals surface area contributed by atoms with Crippen molar-refractivity contribution in [1.29, 1.82) is 0 Å². The number of hydrogen-bond donors (Lipinski definition) is 1. The zero-order chi connectivity index (χ0) is 21.8. The number of anilines is 1. The summed E-state index contributed by atoms with van der Waals surface area (Å²) in [5, 5.41) is 12.9. The fraction of sp³-hybridized carbons (Fsp3) is 0.136. The standard InChI is InChI=1S/C22H18BrClN4O2S/c1-14-11-17(8-9-19(14)23)25-20(29)13-31-22-27-26-21(15-4-6-16(24)7-5-15)28(22)12-18-3-2-10-30-18/h2-11H,12-13H2,1H3,(H,25,29). The Bertz CT molecular complexity index is 1190. The van der Waals surface area contributed by atoms with E-state index >= 15 is 0 Å². The molecule has 0 unspecified atom stereocenters. The van der Waals surface area contributed by atoms with Gasteiger partial charge >= 0.3 is 0 Å². The molecule has 0 fully saturated rings.